The maximum atomic E-state index is 13.2. The Kier molecular flexibility index (Phi) is 3.32. The van der Waals surface area contributed by atoms with Crippen LogP contribution in [0, 0.1) is 17.1 Å². The van der Waals surface area contributed by atoms with E-state index in [0.717, 1.165) is 6.07 Å². The minimum atomic E-state index is -3.65. The molecule has 1 fully saturated rings. The summed E-state index contributed by atoms with van der Waals surface area (Å²) in [5, 5.41) is 8.76. The van der Waals surface area contributed by atoms with Crippen molar-refractivity contribution in [3.63, 3.8) is 0 Å². The SMILES string of the molecule is N#CC1(NS(=O)(=O)Cc2ccc(Cl)c(F)c2)CC1. The Morgan fingerprint density at radius 2 is 2.17 bits per heavy atom. The monoisotopic (exact) mass is 288 g/mol. The highest BCUT2D eigenvalue weighted by atomic mass is 35.5. The number of hydrogen-bond donors (Lipinski definition) is 1. The van der Waals surface area contributed by atoms with Gasteiger partial charge in [0.05, 0.1) is 16.8 Å². The lowest BCUT2D eigenvalue weighted by atomic mass is 10.2. The Balaban J connectivity index is 2.13. The zero-order chi connectivity index (χ0) is 13.4. The molecule has 0 atom stereocenters. The van der Waals surface area contributed by atoms with E-state index in [1.54, 1.807) is 0 Å². The molecule has 0 aliphatic heterocycles. The molecule has 4 nitrogen and oxygen atoms in total. The van der Waals surface area contributed by atoms with Gasteiger partial charge in [-0.05, 0) is 30.5 Å². The number of hydrogen-bond acceptors (Lipinski definition) is 3. The van der Waals surface area contributed by atoms with Crippen LogP contribution >= 0.6 is 11.6 Å². The lowest BCUT2D eigenvalue weighted by molar-refractivity contribution is 0.569. The van der Waals surface area contributed by atoms with Crippen molar-refractivity contribution in [2.45, 2.75) is 24.1 Å². The van der Waals surface area contributed by atoms with Gasteiger partial charge in [-0.2, -0.15) is 9.98 Å². The largest absolute Gasteiger partial charge is 0.217 e. The van der Waals surface area contributed by atoms with E-state index in [9.17, 15) is 12.8 Å². The summed E-state index contributed by atoms with van der Waals surface area (Å²) in [7, 11) is -3.65. The third-order valence-corrected chi connectivity index (χ3v) is 4.38. The minimum absolute atomic E-state index is 0.0557. The molecular weight excluding hydrogens is 279 g/mol. The van der Waals surface area contributed by atoms with Crippen molar-refractivity contribution in [2.75, 3.05) is 0 Å². The zero-order valence-electron chi connectivity index (χ0n) is 9.28. The maximum absolute atomic E-state index is 13.2. The number of benzene rings is 1. The second kappa shape index (κ2) is 4.50. The summed E-state index contributed by atoms with van der Waals surface area (Å²) >= 11 is 5.51. The fraction of sp³-hybridized carbons (Fsp3) is 0.364. The molecule has 0 spiro atoms. The summed E-state index contributed by atoms with van der Waals surface area (Å²) in [6, 6.07) is 5.75. The van der Waals surface area contributed by atoms with Crippen molar-refractivity contribution in [3.8, 4) is 6.07 Å². The van der Waals surface area contributed by atoms with E-state index in [4.69, 9.17) is 16.9 Å². The molecule has 0 radical (unpaired) electrons. The number of halogens is 2. The number of rotatable bonds is 4. The summed E-state index contributed by atoms with van der Waals surface area (Å²) < 4.78 is 39.1. The quantitative estimate of drug-likeness (QED) is 0.920. The molecule has 0 saturated heterocycles. The Morgan fingerprint density at radius 1 is 1.50 bits per heavy atom. The van der Waals surface area contributed by atoms with Gasteiger partial charge in [-0.25, -0.2) is 12.8 Å². The molecule has 1 saturated carbocycles. The highest BCUT2D eigenvalue weighted by Crippen LogP contribution is 2.35. The van der Waals surface area contributed by atoms with Crippen LogP contribution in [0.25, 0.3) is 0 Å². The van der Waals surface area contributed by atoms with Crippen molar-refractivity contribution < 1.29 is 12.8 Å². The smallest absolute Gasteiger partial charge is 0.212 e. The van der Waals surface area contributed by atoms with Gasteiger partial charge in [-0.1, -0.05) is 17.7 Å². The molecule has 1 aliphatic carbocycles. The Bertz CT molecular complexity index is 620. The molecule has 0 unspecified atom stereocenters. The first kappa shape index (κ1) is 13.3. The van der Waals surface area contributed by atoms with Crippen LogP contribution in [-0.2, 0) is 15.8 Å². The van der Waals surface area contributed by atoms with Crippen LogP contribution in [0.2, 0.25) is 5.02 Å². The van der Waals surface area contributed by atoms with Crippen LogP contribution in [0.3, 0.4) is 0 Å². The lowest BCUT2D eigenvalue weighted by Crippen LogP contribution is -2.36. The van der Waals surface area contributed by atoms with Crippen LogP contribution in [-0.4, -0.2) is 14.0 Å². The van der Waals surface area contributed by atoms with Gasteiger partial charge in [-0.15, -0.1) is 0 Å². The van der Waals surface area contributed by atoms with Gasteiger partial charge in [0.1, 0.15) is 11.4 Å². The van der Waals surface area contributed by atoms with Gasteiger partial charge < -0.3 is 0 Å². The predicted octanol–water partition coefficient (Wildman–Crippen LogP) is 1.95. The fourth-order valence-electron chi connectivity index (χ4n) is 1.54. The van der Waals surface area contributed by atoms with Crippen molar-refractivity contribution in [3.05, 3.63) is 34.6 Å². The van der Waals surface area contributed by atoms with E-state index >= 15 is 0 Å². The number of nitrogens with zero attached hydrogens (tertiary/aromatic N) is 1. The second-order valence-electron chi connectivity index (χ2n) is 4.30. The molecule has 96 valence electrons. The van der Waals surface area contributed by atoms with Crippen molar-refractivity contribution in [1.29, 1.82) is 5.26 Å². The van der Waals surface area contributed by atoms with Crippen LogP contribution in [0.4, 0.5) is 4.39 Å². The lowest BCUT2D eigenvalue weighted by Gasteiger charge is -2.10. The average molecular weight is 289 g/mol. The molecule has 2 rings (SSSR count). The normalized spacial score (nSPS) is 17.2. The summed E-state index contributed by atoms with van der Waals surface area (Å²) in [6.07, 6.45) is 1.02. The van der Waals surface area contributed by atoms with Crippen LogP contribution in [0.1, 0.15) is 18.4 Å². The van der Waals surface area contributed by atoms with Crippen molar-refractivity contribution in [2.24, 2.45) is 0 Å². The molecule has 1 aromatic rings. The molecule has 1 aliphatic rings. The molecule has 0 aromatic heterocycles. The molecule has 7 heteroatoms. The summed E-state index contributed by atoms with van der Waals surface area (Å²) in [5.74, 6) is -1.03. The third kappa shape index (κ3) is 2.99. The minimum Gasteiger partial charge on any atom is -0.212 e. The van der Waals surface area contributed by atoms with Crippen LogP contribution in [0.15, 0.2) is 18.2 Å². The standard InChI is InChI=1S/C11H10ClFN2O2S/c12-9-2-1-8(5-10(9)13)6-18(16,17)15-11(7-14)3-4-11/h1-2,5,15H,3-4,6H2. The molecule has 0 bridgehead atoms. The highest BCUT2D eigenvalue weighted by Gasteiger charge is 2.46. The van der Waals surface area contributed by atoms with E-state index in [2.05, 4.69) is 4.72 Å². The molecule has 1 N–H and O–H groups in total. The predicted molar refractivity (Wildman–Crippen MR) is 64.7 cm³/mol. The third-order valence-electron chi connectivity index (χ3n) is 2.66. The highest BCUT2D eigenvalue weighted by molar-refractivity contribution is 7.88. The van der Waals surface area contributed by atoms with E-state index in [0.29, 0.717) is 12.8 Å². The van der Waals surface area contributed by atoms with E-state index in [-0.39, 0.29) is 16.3 Å². The molecular formula is C11H10ClFN2O2S. The van der Waals surface area contributed by atoms with Gasteiger partial charge in [0.25, 0.3) is 0 Å². The summed E-state index contributed by atoms with van der Waals surface area (Å²) in [6.45, 7) is 0. The van der Waals surface area contributed by atoms with Gasteiger partial charge in [0, 0.05) is 0 Å². The Hall–Kier alpha value is -1.16. The first-order valence-corrected chi connectivity index (χ1v) is 7.26. The van der Waals surface area contributed by atoms with Crippen LogP contribution in [0.5, 0.6) is 0 Å². The molecule has 0 amide bonds. The number of nitriles is 1. The molecule has 18 heavy (non-hydrogen) atoms. The zero-order valence-corrected chi connectivity index (χ0v) is 10.9. The maximum Gasteiger partial charge on any atom is 0.217 e. The van der Waals surface area contributed by atoms with Crippen molar-refractivity contribution in [1.82, 2.24) is 4.72 Å². The van der Waals surface area contributed by atoms with E-state index in [1.165, 1.54) is 12.1 Å². The summed E-state index contributed by atoms with van der Waals surface area (Å²) in [5.41, 5.74) is -0.665. The van der Waals surface area contributed by atoms with E-state index < -0.39 is 21.4 Å². The fourth-order valence-corrected chi connectivity index (χ4v) is 3.20. The van der Waals surface area contributed by atoms with Gasteiger partial charge >= 0.3 is 0 Å². The van der Waals surface area contributed by atoms with E-state index in [1.807, 2.05) is 6.07 Å². The average Bonchev–Trinajstić information content (AvgIpc) is 3.03. The summed E-state index contributed by atoms with van der Waals surface area (Å²) in [4.78, 5) is 0. The van der Waals surface area contributed by atoms with Crippen molar-refractivity contribution >= 4 is 21.6 Å². The number of nitrogens with one attached hydrogen (secondary N) is 1. The second-order valence-corrected chi connectivity index (χ2v) is 6.43. The molecule has 1 aromatic carbocycles. The Labute approximate surface area is 109 Å². The first-order chi connectivity index (χ1) is 8.36. The topological polar surface area (TPSA) is 70.0 Å². The van der Waals surface area contributed by atoms with Gasteiger partial charge in [0.2, 0.25) is 10.0 Å². The molecule has 0 heterocycles. The van der Waals surface area contributed by atoms with Gasteiger partial charge in [0.15, 0.2) is 0 Å². The Morgan fingerprint density at radius 3 is 2.67 bits per heavy atom. The van der Waals surface area contributed by atoms with Crippen LogP contribution < -0.4 is 4.72 Å². The van der Waals surface area contributed by atoms with Gasteiger partial charge in [-0.3, -0.25) is 0 Å². The number of sulfonamides is 1. The first-order valence-electron chi connectivity index (χ1n) is 5.23.